The first kappa shape index (κ1) is 22.8. The van der Waals surface area contributed by atoms with Gasteiger partial charge < -0.3 is 19.1 Å². The molecule has 0 fully saturated rings. The third kappa shape index (κ3) is 4.80. The molecule has 0 spiro atoms. The number of benzene rings is 2. The van der Waals surface area contributed by atoms with Gasteiger partial charge in [0.15, 0.2) is 5.82 Å². The van der Waals surface area contributed by atoms with Crippen LogP contribution in [-0.2, 0) is 19.6 Å². The summed E-state index contributed by atoms with van der Waals surface area (Å²) >= 11 is 0. The Hall–Kier alpha value is -4.01. The fourth-order valence-electron chi connectivity index (χ4n) is 4.25. The van der Waals surface area contributed by atoms with E-state index >= 15 is 0 Å². The topological polar surface area (TPSA) is 95.1 Å². The maximum atomic E-state index is 14.8. The highest BCUT2D eigenvalue weighted by atomic mass is 19.1. The van der Waals surface area contributed by atoms with Crippen LogP contribution in [0.15, 0.2) is 47.0 Å². The number of anilines is 1. The minimum absolute atomic E-state index is 0.288. The van der Waals surface area contributed by atoms with Gasteiger partial charge in [-0.2, -0.15) is 0 Å². The van der Waals surface area contributed by atoms with Crippen LogP contribution >= 0.6 is 0 Å². The lowest BCUT2D eigenvalue weighted by atomic mass is 10.1. The molecule has 2 aromatic heterocycles. The largest absolute Gasteiger partial charge is 0.489 e. The fraction of sp³-hybridized carbons (Fsp3) is 0.308. The van der Waals surface area contributed by atoms with E-state index < -0.39 is 5.82 Å². The van der Waals surface area contributed by atoms with Gasteiger partial charge in [0.25, 0.3) is 5.91 Å². The van der Waals surface area contributed by atoms with Crippen LogP contribution in [0, 0.1) is 19.7 Å². The second-order valence-corrected chi connectivity index (χ2v) is 8.67. The van der Waals surface area contributed by atoms with E-state index in [1.807, 2.05) is 18.4 Å². The number of halogens is 1. The lowest BCUT2D eigenvalue weighted by Gasteiger charge is -2.11. The van der Waals surface area contributed by atoms with Crippen molar-refractivity contribution < 1.29 is 18.4 Å². The highest BCUT2D eigenvalue weighted by Crippen LogP contribution is 2.28. The van der Waals surface area contributed by atoms with E-state index in [-0.39, 0.29) is 12.5 Å². The summed E-state index contributed by atoms with van der Waals surface area (Å²) in [5.41, 5.74) is 2.86. The Bertz CT molecular complexity index is 1360. The monoisotopic (exact) mass is 475 g/mol. The van der Waals surface area contributed by atoms with E-state index in [1.165, 1.54) is 12.1 Å². The molecule has 0 unspecified atom stereocenters. The number of rotatable bonds is 6. The zero-order chi connectivity index (χ0) is 24.4. The molecule has 3 heterocycles. The Morgan fingerprint density at radius 1 is 1.14 bits per heavy atom. The minimum atomic E-state index is -0.405. The normalized spacial score (nSPS) is 13.2. The van der Waals surface area contributed by atoms with Gasteiger partial charge >= 0.3 is 0 Å². The number of aromatic nitrogens is 4. The van der Waals surface area contributed by atoms with Crippen molar-refractivity contribution in [3.05, 3.63) is 76.7 Å². The van der Waals surface area contributed by atoms with Crippen molar-refractivity contribution in [3.63, 3.8) is 0 Å². The zero-order valence-corrected chi connectivity index (χ0v) is 19.7. The van der Waals surface area contributed by atoms with Crippen LogP contribution in [0.25, 0.3) is 11.4 Å². The first-order valence-corrected chi connectivity index (χ1v) is 11.7. The molecule has 35 heavy (non-hydrogen) atoms. The molecule has 1 aliphatic heterocycles. The number of nitrogens with one attached hydrogen (secondary N) is 1. The van der Waals surface area contributed by atoms with E-state index in [1.54, 1.807) is 30.3 Å². The number of hydrogen-bond donors (Lipinski definition) is 1. The number of hydrogen-bond acceptors (Lipinski definition) is 6. The quantitative estimate of drug-likeness (QED) is 0.409. The molecule has 1 N–H and O–H groups in total. The Kier molecular flexibility index (Phi) is 6.31. The number of amides is 1. The molecule has 2 aromatic carbocycles. The predicted molar refractivity (Wildman–Crippen MR) is 128 cm³/mol. The van der Waals surface area contributed by atoms with Gasteiger partial charge in [0, 0.05) is 24.2 Å². The summed E-state index contributed by atoms with van der Waals surface area (Å²) in [6.45, 7) is 4.73. The van der Waals surface area contributed by atoms with Crippen LogP contribution in [0.3, 0.4) is 0 Å². The lowest BCUT2D eigenvalue weighted by Crippen LogP contribution is -2.12. The molecule has 0 bridgehead atoms. The predicted octanol–water partition coefficient (Wildman–Crippen LogP) is 5.25. The Balaban J connectivity index is 1.33. The van der Waals surface area contributed by atoms with Crippen molar-refractivity contribution in [2.45, 2.75) is 52.7 Å². The molecular formula is C26H26FN5O3. The molecule has 8 nitrogen and oxygen atoms in total. The molecule has 0 aliphatic carbocycles. The van der Waals surface area contributed by atoms with Crippen LogP contribution in [0.4, 0.5) is 10.1 Å². The van der Waals surface area contributed by atoms with Crippen molar-refractivity contribution in [1.29, 1.82) is 0 Å². The smallest absolute Gasteiger partial charge is 0.255 e. The second kappa shape index (κ2) is 9.69. The Morgan fingerprint density at radius 3 is 2.86 bits per heavy atom. The summed E-state index contributed by atoms with van der Waals surface area (Å²) in [4.78, 5) is 12.9. The van der Waals surface area contributed by atoms with Crippen molar-refractivity contribution in [3.8, 4) is 17.1 Å². The molecule has 0 saturated heterocycles. The van der Waals surface area contributed by atoms with Gasteiger partial charge in [-0.3, -0.25) is 4.79 Å². The Labute approximate surface area is 202 Å². The molecule has 4 aromatic rings. The third-order valence-corrected chi connectivity index (χ3v) is 6.24. The van der Waals surface area contributed by atoms with Crippen molar-refractivity contribution in [2.24, 2.45) is 0 Å². The molecule has 9 heteroatoms. The summed E-state index contributed by atoms with van der Waals surface area (Å²) in [5.74, 6) is 1.88. The Morgan fingerprint density at radius 2 is 2.03 bits per heavy atom. The molecule has 1 amide bonds. The zero-order valence-electron chi connectivity index (χ0n) is 19.7. The number of fused-ring (bicyclic) bond motifs is 1. The average molecular weight is 476 g/mol. The maximum absolute atomic E-state index is 14.8. The standard InChI is InChI=1S/C26H26FN5O3/c1-16-22(17(2)35-31-16)15-34-20-8-6-7-18(13-20)26(33)28-19-10-11-23(27)21(14-19)25-30-29-24-9-4-3-5-12-32(24)25/h6-8,10-11,13-14H,3-5,9,12,15H2,1-2H3,(H,28,33). The number of nitrogens with zero attached hydrogens (tertiary/aromatic N) is 4. The SMILES string of the molecule is Cc1noc(C)c1COc1cccc(C(=O)Nc2ccc(F)c(-c3nnc4n3CCCCC4)c2)c1. The summed E-state index contributed by atoms with van der Waals surface area (Å²) < 4.78 is 27.8. The van der Waals surface area contributed by atoms with Crippen molar-refractivity contribution >= 4 is 11.6 Å². The summed E-state index contributed by atoms with van der Waals surface area (Å²) in [5, 5.41) is 15.3. The fourth-order valence-corrected chi connectivity index (χ4v) is 4.25. The van der Waals surface area contributed by atoms with E-state index in [2.05, 4.69) is 20.7 Å². The van der Waals surface area contributed by atoms with Crippen molar-refractivity contribution in [2.75, 3.05) is 5.32 Å². The first-order valence-electron chi connectivity index (χ1n) is 11.7. The molecule has 0 saturated carbocycles. The van der Waals surface area contributed by atoms with Crippen LogP contribution in [0.2, 0.25) is 0 Å². The average Bonchev–Trinajstić information content (AvgIpc) is 3.31. The van der Waals surface area contributed by atoms with Gasteiger partial charge in [-0.25, -0.2) is 4.39 Å². The molecule has 0 atom stereocenters. The number of carbonyl (C=O) groups is 1. The van der Waals surface area contributed by atoms with Crippen molar-refractivity contribution in [1.82, 2.24) is 19.9 Å². The molecular weight excluding hydrogens is 449 g/mol. The molecule has 0 radical (unpaired) electrons. The number of aryl methyl sites for hydroxylation is 3. The van der Waals surface area contributed by atoms with Gasteiger partial charge in [-0.15, -0.1) is 10.2 Å². The summed E-state index contributed by atoms with van der Waals surface area (Å²) in [7, 11) is 0. The van der Waals surface area contributed by atoms with E-state index in [9.17, 15) is 9.18 Å². The van der Waals surface area contributed by atoms with Crippen LogP contribution < -0.4 is 10.1 Å². The molecule has 1 aliphatic rings. The minimum Gasteiger partial charge on any atom is -0.489 e. The number of ether oxygens (including phenoxy) is 1. The van der Waals surface area contributed by atoms with Gasteiger partial charge in [0.2, 0.25) is 0 Å². The highest BCUT2D eigenvalue weighted by molar-refractivity contribution is 6.04. The maximum Gasteiger partial charge on any atom is 0.255 e. The molecule has 180 valence electrons. The van der Waals surface area contributed by atoms with Gasteiger partial charge in [-0.05, 0) is 63.1 Å². The van der Waals surface area contributed by atoms with Gasteiger partial charge in [0.1, 0.15) is 29.8 Å². The highest BCUT2D eigenvalue weighted by Gasteiger charge is 2.19. The van der Waals surface area contributed by atoms with E-state index in [0.717, 1.165) is 49.3 Å². The van der Waals surface area contributed by atoms with Crippen LogP contribution in [-0.4, -0.2) is 25.8 Å². The lowest BCUT2D eigenvalue weighted by molar-refractivity contribution is 0.102. The number of carbonyl (C=O) groups excluding carboxylic acids is 1. The van der Waals surface area contributed by atoms with Crippen LogP contribution in [0.1, 0.15) is 52.5 Å². The van der Waals surface area contributed by atoms with E-state index in [0.29, 0.717) is 34.1 Å². The van der Waals surface area contributed by atoms with Crippen LogP contribution in [0.5, 0.6) is 5.75 Å². The first-order chi connectivity index (χ1) is 17.0. The van der Waals surface area contributed by atoms with E-state index in [4.69, 9.17) is 9.26 Å². The van der Waals surface area contributed by atoms with Gasteiger partial charge in [-0.1, -0.05) is 17.6 Å². The second-order valence-electron chi connectivity index (χ2n) is 8.67. The summed E-state index contributed by atoms with van der Waals surface area (Å²) in [6, 6.07) is 11.4. The molecule has 5 rings (SSSR count). The summed E-state index contributed by atoms with van der Waals surface area (Å²) in [6.07, 6.45) is 4.00. The van der Waals surface area contributed by atoms with Gasteiger partial charge in [0.05, 0.1) is 16.8 Å². The third-order valence-electron chi connectivity index (χ3n) is 6.24.